The summed E-state index contributed by atoms with van der Waals surface area (Å²) in [6, 6.07) is 23.0. The number of aromatic nitrogens is 1. The molecule has 1 saturated carbocycles. The van der Waals surface area contributed by atoms with Gasteiger partial charge in [-0.25, -0.2) is 9.99 Å². The second-order valence-electron chi connectivity index (χ2n) is 9.53. The zero-order valence-corrected chi connectivity index (χ0v) is 21.5. The fourth-order valence-corrected chi connectivity index (χ4v) is 6.17. The standard InChI is InChI=1S/C29H23N5O4S/c35-33(36)23-12-4-7-19(16-23)15-21-10-6-14-25-27(21)31-32(28(25)22-11-5-13-24(17-22)34(37)38)29-30-26(18-39-29)20-8-2-1-3-9-20/h1-5,7-9,11-13,15-18,25,28H,6,10,14H2/t25-,28+/m0/s1. The van der Waals surface area contributed by atoms with Gasteiger partial charge in [0.25, 0.3) is 11.4 Å². The molecule has 9 nitrogen and oxygen atoms in total. The number of hydrazone groups is 1. The minimum atomic E-state index is -0.397. The number of rotatable bonds is 6. The average molecular weight is 538 g/mol. The maximum atomic E-state index is 11.6. The van der Waals surface area contributed by atoms with E-state index in [1.165, 1.54) is 23.5 Å². The van der Waals surface area contributed by atoms with Crippen LogP contribution < -0.4 is 5.01 Å². The van der Waals surface area contributed by atoms with Gasteiger partial charge in [-0.2, -0.15) is 5.10 Å². The maximum absolute atomic E-state index is 11.6. The van der Waals surface area contributed by atoms with Gasteiger partial charge in [-0.3, -0.25) is 20.2 Å². The Morgan fingerprint density at radius 3 is 2.44 bits per heavy atom. The minimum absolute atomic E-state index is 0.00484. The third-order valence-electron chi connectivity index (χ3n) is 7.10. The second kappa shape index (κ2) is 10.2. The molecule has 1 fully saturated rings. The van der Waals surface area contributed by atoms with Crippen LogP contribution in [-0.4, -0.2) is 20.5 Å². The van der Waals surface area contributed by atoms with Gasteiger partial charge in [-0.05, 0) is 42.0 Å². The van der Waals surface area contributed by atoms with Gasteiger partial charge in [-0.15, -0.1) is 11.3 Å². The van der Waals surface area contributed by atoms with E-state index in [0.29, 0.717) is 5.13 Å². The minimum Gasteiger partial charge on any atom is -0.258 e. The van der Waals surface area contributed by atoms with Crippen molar-refractivity contribution < 1.29 is 9.85 Å². The molecule has 2 atom stereocenters. The topological polar surface area (TPSA) is 115 Å². The summed E-state index contributed by atoms with van der Waals surface area (Å²) in [6.45, 7) is 0. The average Bonchev–Trinajstić information content (AvgIpc) is 3.60. The lowest BCUT2D eigenvalue weighted by Crippen LogP contribution is -2.28. The lowest BCUT2D eigenvalue weighted by Gasteiger charge is -2.29. The van der Waals surface area contributed by atoms with E-state index in [-0.39, 0.29) is 28.3 Å². The summed E-state index contributed by atoms with van der Waals surface area (Å²) >= 11 is 1.49. The molecule has 0 bridgehead atoms. The number of allylic oxidation sites excluding steroid dienone is 1. The van der Waals surface area contributed by atoms with E-state index in [9.17, 15) is 20.2 Å². The number of nitro groups is 2. The van der Waals surface area contributed by atoms with Crippen molar-refractivity contribution in [3.63, 3.8) is 0 Å². The molecule has 0 N–H and O–H groups in total. The number of thiazole rings is 1. The number of non-ortho nitro benzene ring substituents is 2. The highest BCUT2D eigenvalue weighted by atomic mass is 32.1. The number of hydrogen-bond acceptors (Lipinski definition) is 8. The summed E-state index contributed by atoms with van der Waals surface area (Å²) in [5.41, 5.74) is 5.39. The van der Waals surface area contributed by atoms with E-state index in [4.69, 9.17) is 10.1 Å². The summed E-state index contributed by atoms with van der Waals surface area (Å²) in [4.78, 5) is 27.0. The van der Waals surface area contributed by atoms with Crippen LogP contribution in [-0.2, 0) is 0 Å². The smallest absolute Gasteiger partial charge is 0.258 e. The van der Waals surface area contributed by atoms with E-state index in [1.807, 2.05) is 58.9 Å². The molecule has 0 spiro atoms. The molecule has 194 valence electrons. The normalized spacial score (nSPS) is 19.5. The summed E-state index contributed by atoms with van der Waals surface area (Å²) < 4.78 is 0. The fraction of sp³-hybridized carbons (Fsp3) is 0.172. The van der Waals surface area contributed by atoms with Gasteiger partial charge >= 0.3 is 0 Å². The summed E-state index contributed by atoms with van der Waals surface area (Å²) in [5.74, 6) is -0.00484. The van der Waals surface area contributed by atoms with Crippen molar-refractivity contribution in [3.05, 3.63) is 121 Å². The molecule has 2 heterocycles. The molecule has 3 aromatic carbocycles. The second-order valence-corrected chi connectivity index (χ2v) is 10.4. The lowest BCUT2D eigenvalue weighted by molar-refractivity contribution is -0.385. The van der Waals surface area contributed by atoms with E-state index < -0.39 is 4.92 Å². The number of nitro benzene ring substituents is 2. The van der Waals surface area contributed by atoms with Crippen LogP contribution >= 0.6 is 11.3 Å². The number of benzene rings is 3. The molecule has 4 aromatic rings. The first-order valence-electron chi connectivity index (χ1n) is 12.6. The first-order valence-corrected chi connectivity index (χ1v) is 13.4. The van der Waals surface area contributed by atoms with E-state index in [2.05, 4.69) is 0 Å². The Morgan fingerprint density at radius 2 is 1.67 bits per heavy atom. The zero-order chi connectivity index (χ0) is 26.9. The van der Waals surface area contributed by atoms with Crippen molar-refractivity contribution >= 4 is 39.6 Å². The Hall–Kier alpha value is -4.70. The van der Waals surface area contributed by atoms with Crippen molar-refractivity contribution in [2.24, 2.45) is 11.0 Å². The molecule has 0 amide bonds. The number of nitrogens with zero attached hydrogens (tertiary/aromatic N) is 5. The van der Waals surface area contributed by atoms with E-state index in [0.717, 1.165) is 52.9 Å². The highest BCUT2D eigenvalue weighted by Crippen LogP contribution is 2.47. The molecule has 39 heavy (non-hydrogen) atoms. The maximum Gasteiger partial charge on any atom is 0.270 e. The molecule has 10 heteroatoms. The quantitative estimate of drug-likeness (QED) is 0.187. The van der Waals surface area contributed by atoms with Crippen molar-refractivity contribution in [1.82, 2.24) is 4.98 Å². The Labute approximate surface area is 228 Å². The van der Waals surface area contributed by atoms with E-state index >= 15 is 0 Å². The van der Waals surface area contributed by atoms with Gasteiger partial charge in [0.05, 0.1) is 27.3 Å². The van der Waals surface area contributed by atoms with Crippen LogP contribution in [0.15, 0.2) is 94.9 Å². The van der Waals surface area contributed by atoms with Gasteiger partial charge in [0.2, 0.25) is 5.13 Å². The molecule has 6 rings (SSSR count). The Bertz CT molecular complexity index is 1630. The van der Waals surface area contributed by atoms with Crippen molar-refractivity contribution in [3.8, 4) is 11.3 Å². The largest absolute Gasteiger partial charge is 0.270 e. The van der Waals surface area contributed by atoms with Gasteiger partial charge in [-0.1, -0.05) is 54.6 Å². The third kappa shape index (κ3) is 4.82. The number of fused-ring (bicyclic) bond motifs is 1. The predicted octanol–water partition coefficient (Wildman–Crippen LogP) is 7.43. The zero-order valence-electron chi connectivity index (χ0n) is 20.7. The van der Waals surface area contributed by atoms with Crippen LogP contribution in [0, 0.1) is 26.1 Å². The van der Waals surface area contributed by atoms with E-state index in [1.54, 1.807) is 24.3 Å². The van der Waals surface area contributed by atoms with Crippen LogP contribution in [0.2, 0.25) is 0 Å². The van der Waals surface area contributed by atoms with Crippen molar-refractivity contribution in [2.45, 2.75) is 25.3 Å². The highest BCUT2D eigenvalue weighted by molar-refractivity contribution is 7.14. The molecule has 0 saturated heterocycles. The highest BCUT2D eigenvalue weighted by Gasteiger charge is 2.43. The molecular formula is C29H23N5O4S. The van der Waals surface area contributed by atoms with Gasteiger partial charge in [0.15, 0.2) is 0 Å². The van der Waals surface area contributed by atoms with Gasteiger partial charge in [0, 0.05) is 41.1 Å². The first kappa shape index (κ1) is 24.6. The molecule has 0 radical (unpaired) electrons. The van der Waals surface area contributed by atoms with Gasteiger partial charge < -0.3 is 0 Å². The van der Waals surface area contributed by atoms with Crippen LogP contribution in [0.5, 0.6) is 0 Å². The summed E-state index contributed by atoms with van der Waals surface area (Å²) in [6.07, 6.45) is 4.55. The Kier molecular flexibility index (Phi) is 6.45. The number of hydrogen-bond donors (Lipinski definition) is 0. The van der Waals surface area contributed by atoms with Crippen LogP contribution in [0.1, 0.15) is 36.4 Å². The fourth-order valence-electron chi connectivity index (χ4n) is 5.35. The predicted molar refractivity (Wildman–Crippen MR) is 152 cm³/mol. The SMILES string of the molecule is O=[N+]([O-])c1cccc(C=C2CCC[C@H]3C2=NN(c2nc(-c4ccccc4)cs2)[C@@H]3c2cccc([N+](=O)[O-])c2)c1. The molecule has 1 aliphatic carbocycles. The third-order valence-corrected chi connectivity index (χ3v) is 7.93. The molecular weight excluding hydrogens is 514 g/mol. The first-order chi connectivity index (χ1) is 19.0. The summed E-state index contributed by atoms with van der Waals surface area (Å²) in [5, 5.41) is 32.6. The van der Waals surface area contributed by atoms with Crippen LogP contribution in [0.3, 0.4) is 0 Å². The lowest BCUT2D eigenvalue weighted by atomic mass is 9.77. The van der Waals surface area contributed by atoms with Crippen molar-refractivity contribution in [1.29, 1.82) is 0 Å². The monoisotopic (exact) mass is 537 g/mol. The molecule has 1 aliphatic heterocycles. The van der Waals surface area contributed by atoms with Crippen LogP contribution in [0.4, 0.5) is 16.5 Å². The molecule has 2 aliphatic rings. The molecule has 1 aromatic heterocycles. The Balaban J connectivity index is 1.44. The summed E-state index contributed by atoms with van der Waals surface area (Å²) in [7, 11) is 0. The van der Waals surface area contributed by atoms with Crippen LogP contribution in [0.25, 0.3) is 17.3 Å². The Morgan fingerprint density at radius 1 is 0.923 bits per heavy atom. The molecule has 0 unspecified atom stereocenters. The van der Waals surface area contributed by atoms with Gasteiger partial charge in [0.1, 0.15) is 0 Å². The number of anilines is 1. The van der Waals surface area contributed by atoms with Crippen molar-refractivity contribution in [2.75, 3.05) is 5.01 Å².